The summed E-state index contributed by atoms with van der Waals surface area (Å²) in [7, 11) is 2.17. The Hall–Kier alpha value is -2.76. The summed E-state index contributed by atoms with van der Waals surface area (Å²) in [6, 6.07) is 16.4. The summed E-state index contributed by atoms with van der Waals surface area (Å²) >= 11 is 0. The van der Waals surface area contributed by atoms with E-state index in [0.29, 0.717) is 0 Å². The number of rotatable bonds is 4. The molecule has 0 aliphatic carbocycles. The highest BCUT2D eigenvalue weighted by Gasteiger charge is 2.30. The number of aromatic nitrogens is 2. The van der Waals surface area contributed by atoms with Crippen molar-refractivity contribution < 1.29 is 9.53 Å². The number of piperidine rings is 1. The number of carbonyl (C=O) groups excluding carboxylic acids is 1. The van der Waals surface area contributed by atoms with Crippen LogP contribution in [0.1, 0.15) is 53.2 Å². The van der Waals surface area contributed by atoms with E-state index in [2.05, 4.69) is 47.0 Å². The van der Waals surface area contributed by atoms with Crippen LogP contribution in [0.3, 0.4) is 0 Å². The molecule has 2 aliphatic rings. The molecule has 3 heterocycles. The Labute approximate surface area is 183 Å². The molecule has 0 amide bonds. The van der Waals surface area contributed by atoms with Crippen LogP contribution in [0.15, 0.2) is 54.7 Å². The lowest BCUT2D eigenvalue weighted by Gasteiger charge is -2.32. The summed E-state index contributed by atoms with van der Waals surface area (Å²) in [6.07, 6.45) is 5.29. The van der Waals surface area contributed by atoms with Crippen molar-refractivity contribution >= 4 is 5.78 Å². The molecule has 5 rings (SSSR count). The second-order valence-electron chi connectivity index (χ2n) is 8.78. The van der Waals surface area contributed by atoms with E-state index in [0.717, 1.165) is 61.5 Å². The average Bonchev–Trinajstić information content (AvgIpc) is 3.16. The van der Waals surface area contributed by atoms with E-state index in [1.807, 2.05) is 24.3 Å². The summed E-state index contributed by atoms with van der Waals surface area (Å²) in [5.41, 5.74) is 5.27. The van der Waals surface area contributed by atoms with E-state index in [1.54, 1.807) is 6.92 Å². The molecule has 0 radical (unpaired) electrons. The number of Topliss-reactive ketones (excluding diaryl/α,β-unsaturated/α-hetero) is 1. The van der Waals surface area contributed by atoms with E-state index in [1.165, 1.54) is 11.1 Å². The van der Waals surface area contributed by atoms with Crippen LogP contribution in [0, 0.1) is 0 Å². The number of ether oxygens (including phenoxy) is 1. The van der Waals surface area contributed by atoms with Gasteiger partial charge in [-0.2, -0.15) is 0 Å². The summed E-state index contributed by atoms with van der Waals surface area (Å²) < 4.78 is 9.02. The maximum absolute atomic E-state index is 11.6. The number of fused-ring (bicyclic) bond motifs is 2. The first-order valence-electron chi connectivity index (χ1n) is 11.2. The molecule has 31 heavy (non-hydrogen) atoms. The minimum absolute atomic E-state index is 0.0790. The van der Waals surface area contributed by atoms with Gasteiger partial charge < -0.3 is 14.2 Å². The highest BCUT2D eigenvalue weighted by Crippen LogP contribution is 2.35. The minimum atomic E-state index is -0.155. The number of aryl methyl sites for hydroxylation is 2. The van der Waals surface area contributed by atoms with E-state index >= 15 is 0 Å². The van der Waals surface area contributed by atoms with Crippen LogP contribution in [0.5, 0.6) is 0 Å². The number of ketones is 1. The number of likely N-dealkylation sites (tertiary alicyclic amines) is 1. The number of benzene rings is 2. The Morgan fingerprint density at radius 2 is 1.77 bits per heavy atom. The highest BCUT2D eigenvalue weighted by atomic mass is 16.5. The van der Waals surface area contributed by atoms with Gasteiger partial charge in [-0.15, -0.1) is 0 Å². The molecule has 0 bridgehead atoms. The van der Waals surface area contributed by atoms with Gasteiger partial charge in [-0.3, -0.25) is 4.79 Å². The summed E-state index contributed by atoms with van der Waals surface area (Å²) in [6.45, 7) is 4.62. The zero-order chi connectivity index (χ0) is 21.4. The third kappa shape index (κ3) is 4.08. The largest absolute Gasteiger partial charge is 0.362 e. The third-order valence-corrected chi connectivity index (χ3v) is 6.58. The summed E-state index contributed by atoms with van der Waals surface area (Å²) in [5, 5.41) is 0. The third-order valence-electron chi connectivity index (χ3n) is 6.58. The maximum Gasteiger partial charge on any atom is 0.159 e. The quantitative estimate of drug-likeness (QED) is 0.588. The van der Waals surface area contributed by atoms with E-state index in [-0.39, 0.29) is 18.0 Å². The smallest absolute Gasteiger partial charge is 0.159 e. The Kier molecular flexibility index (Phi) is 5.47. The number of hydrogen-bond donors (Lipinski definition) is 0. The van der Waals surface area contributed by atoms with Crippen LogP contribution in [0.2, 0.25) is 0 Å². The molecule has 0 saturated carbocycles. The molecule has 1 aromatic heterocycles. The fourth-order valence-electron chi connectivity index (χ4n) is 4.68. The van der Waals surface area contributed by atoms with Crippen molar-refractivity contribution in [1.82, 2.24) is 14.5 Å². The lowest BCUT2D eigenvalue weighted by molar-refractivity contribution is -0.0275. The molecule has 1 saturated heterocycles. The van der Waals surface area contributed by atoms with Crippen LogP contribution in [0.4, 0.5) is 0 Å². The molecule has 3 aromatic rings. The van der Waals surface area contributed by atoms with Crippen LogP contribution >= 0.6 is 0 Å². The van der Waals surface area contributed by atoms with Crippen molar-refractivity contribution in [2.45, 2.75) is 44.9 Å². The van der Waals surface area contributed by atoms with Crippen LogP contribution in [0.25, 0.3) is 11.3 Å². The Morgan fingerprint density at radius 3 is 2.52 bits per heavy atom. The second-order valence-corrected chi connectivity index (χ2v) is 8.78. The normalized spacial score (nSPS) is 19.5. The van der Waals surface area contributed by atoms with Gasteiger partial charge in [0, 0.05) is 37.0 Å². The van der Waals surface area contributed by atoms with Crippen molar-refractivity contribution in [2.24, 2.45) is 0 Å². The van der Waals surface area contributed by atoms with Crippen LogP contribution < -0.4 is 0 Å². The molecule has 0 spiro atoms. The monoisotopic (exact) mass is 415 g/mol. The summed E-state index contributed by atoms with van der Waals surface area (Å²) in [5.74, 6) is 1.06. The molecule has 1 unspecified atom stereocenters. The number of imidazole rings is 1. The van der Waals surface area contributed by atoms with E-state index in [9.17, 15) is 4.79 Å². The Morgan fingerprint density at radius 1 is 1.03 bits per heavy atom. The van der Waals surface area contributed by atoms with E-state index < -0.39 is 0 Å². The van der Waals surface area contributed by atoms with Crippen LogP contribution in [-0.4, -0.2) is 46.5 Å². The predicted octanol–water partition coefficient (Wildman–Crippen LogP) is 4.51. The van der Waals surface area contributed by atoms with Gasteiger partial charge >= 0.3 is 0 Å². The first-order valence-corrected chi connectivity index (χ1v) is 11.2. The molecule has 2 aliphatic heterocycles. The minimum Gasteiger partial charge on any atom is -0.362 e. The standard InChI is InChI=1S/C26H29N3O2/c1-18(30)19-7-9-21(10-8-19)24-17-29-16-11-20-5-3-4-6-23(20)25(26(29)27-24)31-22-12-14-28(2)15-13-22/h3-10,17,22,25H,11-16H2,1-2H3. The second kappa shape index (κ2) is 8.40. The van der Waals surface area contributed by atoms with Gasteiger partial charge in [-0.25, -0.2) is 4.98 Å². The maximum atomic E-state index is 11.6. The Balaban J connectivity index is 1.50. The number of nitrogens with zero attached hydrogens (tertiary/aromatic N) is 3. The van der Waals surface area contributed by atoms with Crippen molar-refractivity contribution in [2.75, 3.05) is 20.1 Å². The number of hydrogen-bond acceptors (Lipinski definition) is 4. The van der Waals surface area contributed by atoms with E-state index in [4.69, 9.17) is 9.72 Å². The molecule has 0 N–H and O–H groups in total. The first kappa shape index (κ1) is 20.2. The van der Waals surface area contributed by atoms with Gasteiger partial charge in [0.15, 0.2) is 5.78 Å². The molecule has 1 atom stereocenters. The predicted molar refractivity (Wildman–Crippen MR) is 121 cm³/mol. The molecule has 5 heteroatoms. The molecule has 2 aromatic carbocycles. The fraction of sp³-hybridized carbons (Fsp3) is 0.385. The van der Waals surface area contributed by atoms with Crippen LogP contribution in [-0.2, 0) is 17.7 Å². The van der Waals surface area contributed by atoms with Crippen molar-refractivity contribution in [1.29, 1.82) is 0 Å². The Bertz CT molecular complexity index is 1080. The molecule has 5 nitrogen and oxygen atoms in total. The van der Waals surface area contributed by atoms with Gasteiger partial charge in [0.25, 0.3) is 0 Å². The van der Waals surface area contributed by atoms with Crippen molar-refractivity contribution in [3.8, 4) is 11.3 Å². The van der Waals surface area contributed by atoms with Gasteiger partial charge in [0.05, 0.1) is 11.8 Å². The molecular formula is C26H29N3O2. The zero-order valence-corrected chi connectivity index (χ0v) is 18.3. The van der Waals surface area contributed by atoms with Gasteiger partial charge in [-0.05, 0) is 44.4 Å². The number of carbonyl (C=O) groups is 1. The SMILES string of the molecule is CC(=O)c1ccc(-c2cn3c(n2)C(OC2CCN(C)CC2)c2ccccc2CC3)cc1. The fourth-order valence-corrected chi connectivity index (χ4v) is 4.68. The molecular weight excluding hydrogens is 386 g/mol. The highest BCUT2D eigenvalue weighted by molar-refractivity contribution is 5.94. The molecule has 1 fully saturated rings. The summed E-state index contributed by atoms with van der Waals surface area (Å²) in [4.78, 5) is 19.0. The zero-order valence-electron chi connectivity index (χ0n) is 18.3. The van der Waals surface area contributed by atoms with Crippen molar-refractivity contribution in [3.05, 3.63) is 77.2 Å². The van der Waals surface area contributed by atoms with Crippen molar-refractivity contribution in [3.63, 3.8) is 0 Å². The first-order chi connectivity index (χ1) is 15.1. The lowest BCUT2D eigenvalue weighted by Crippen LogP contribution is -2.35. The van der Waals surface area contributed by atoms with Gasteiger partial charge in [0.1, 0.15) is 11.9 Å². The van der Waals surface area contributed by atoms with Gasteiger partial charge in [0.2, 0.25) is 0 Å². The lowest BCUT2D eigenvalue weighted by atomic mass is 10.00. The topological polar surface area (TPSA) is 47.4 Å². The molecule has 160 valence electrons. The van der Waals surface area contributed by atoms with Gasteiger partial charge in [-0.1, -0.05) is 48.5 Å². The average molecular weight is 416 g/mol.